The lowest BCUT2D eigenvalue weighted by atomic mass is 9.62. The zero-order valence-corrected chi connectivity index (χ0v) is 13.5. The third kappa shape index (κ3) is 1.60. The highest BCUT2D eigenvalue weighted by Crippen LogP contribution is 2.54. The number of hydrogen-bond donors (Lipinski definition) is 0. The molecule has 4 nitrogen and oxygen atoms in total. The zero-order chi connectivity index (χ0) is 14.9. The maximum absolute atomic E-state index is 6.18. The van der Waals surface area contributed by atoms with Gasteiger partial charge in [0.1, 0.15) is 0 Å². The molecule has 4 bridgehead atoms. The molecule has 1 aromatic carbocycles. The molecule has 0 radical (unpaired) electrons. The summed E-state index contributed by atoms with van der Waals surface area (Å²) in [6.07, 6.45) is 2.56. The molecule has 1 aromatic rings. The van der Waals surface area contributed by atoms with E-state index in [1.165, 1.54) is 19.4 Å². The van der Waals surface area contributed by atoms with Crippen LogP contribution in [-0.4, -0.2) is 48.0 Å². The van der Waals surface area contributed by atoms with Crippen LogP contribution in [0.4, 0.5) is 0 Å². The first-order valence-electron chi connectivity index (χ1n) is 8.15. The van der Waals surface area contributed by atoms with Crippen molar-refractivity contribution in [2.24, 2.45) is 22.9 Å². The minimum Gasteiger partial charge on any atom is -0.364 e. The summed E-state index contributed by atoms with van der Waals surface area (Å²) in [5, 5.41) is 5.25. The topological polar surface area (TPSA) is 28.1 Å². The molecule has 0 N–H and O–H groups in total. The second-order valence-corrected chi connectivity index (χ2v) is 7.71. The average molecular weight is 318 g/mol. The predicted octanol–water partition coefficient (Wildman–Crippen LogP) is 2.63. The molecule has 3 saturated heterocycles. The third-order valence-electron chi connectivity index (χ3n) is 6.10. The van der Waals surface area contributed by atoms with Crippen molar-refractivity contribution in [3.05, 3.63) is 34.9 Å². The van der Waals surface area contributed by atoms with Crippen molar-refractivity contribution in [2.45, 2.75) is 18.6 Å². The summed E-state index contributed by atoms with van der Waals surface area (Å²) in [6, 6.07) is 7.89. The molecule has 4 aliphatic heterocycles. The van der Waals surface area contributed by atoms with Crippen LogP contribution in [0.5, 0.6) is 0 Å². The molecule has 1 saturated carbocycles. The van der Waals surface area contributed by atoms with Crippen LogP contribution < -0.4 is 0 Å². The summed E-state index contributed by atoms with van der Waals surface area (Å²) < 4.78 is 0. The number of rotatable bonds is 1. The van der Waals surface area contributed by atoms with Gasteiger partial charge in [-0.1, -0.05) is 16.8 Å². The normalized spacial score (nSPS) is 41.9. The highest BCUT2D eigenvalue weighted by molar-refractivity contribution is 6.30. The molecule has 6 rings (SSSR count). The fourth-order valence-electron chi connectivity index (χ4n) is 5.29. The number of oxime groups is 1. The van der Waals surface area contributed by atoms with Crippen molar-refractivity contribution in [1.82, 2.24) is 9.80 Å². The SMILES string of the molecule is CN1C(c2ccc(Cl)cc2)=NOC12C1CC3CC2CN(C3)C1. The Hall–Kier alpha value is -1.26. The van der Waals surface area contributed by atoms with Gasteiger partial charge in [0, 0.05) is 49.1 Å². The summed E-state index contributed by atoms with van der Waals surface area (Å²) in [7, 11) is 2.15. The van der Waals surface area contributed by atoms with E-state index in [-0.39, 0.29) is 5.72 Å². The first kappa shape index (κ1) is 13.2. The summed E-state index contributed by atoms with van der Waals surface area (Å²) in [5.74, 6) is 2.94. The van der Waals surface area contributed by atoms with Gasteiger partial charge in [0.25, 0.3) is 0 Å². The number of benzene rings is 1. The van der Waals surface area contributed by atoms with Gasteiger partial charge in [0.2, 0.25) is 5.72 Å². The monoisotopic (exact) mass is 317 g/mol. The number of hydrogen-bond acceptors (Lipinski definition) is 4. The molecule has 4 fully saturated rings. The molecule has 0 aromatic heterocycles. The van der Waals surface area contributed by atoms with Crippen LogP contribution in [0.15, 0.2) is 29.4 Å². The summed E-state index contributed by atoms with van der Waals surface area (Å²) in [5.41, 5.74) is 0.862. The van der Waals surface area contributed by atoms with E-state index in [1.54, 1.807) is 0 Å². The van der Waals surface area contributed by atoms with Crippen molar-refractivity contribution in [1.29, 1.82) is 0 Å². The molecular formula is C17H20ClN3O. The highest BCUT2D eigenvalue weighted by atomic mass is 35.5. The van der Waals surface area contributed by atoms with Crippen molar-refractivity contribution in [3.8, 4) is 0 Å². The van der Waals surface area contributed by atoms with Crippen LogP contribution in [0.25, 0.3) is 0 Å². The fraction of sp³-hybridized carbons (Fsp3) is 0.588. The van der Waals surface area contributed by atoms with E-state index in [9.17, 15) is 0 Å². The summed E-state index contributed by atoms with van der Waals surface area (Å²) in [6.45, 7) is 3.60. The summed E-state index contributed by atoms with van der Waals surface area (Å²) >= 11 is 6.01. The molecule has 2 atom stereocenters. The predicted molar refractivity (Wildman–Crippen MR) is 85.7 cm³/mol. The van der Waals surface area contributed by atoms with E-state index in [0.29, 0.717) is 11.8 Å². The van der Waals surface area contributed by atoms with Crippen molar-refractivity contribution in [3.63, 3.8) is 0 Å². The van der Waals surface area contributed by atoms with Crippen LogP contribution in [0.2, 0.25) is 5.02 Å². The van der Waals surface area contributed by atoms with Gasteiger partial charge in [-0.05, 0) is 43.0 Å². The first-order valence-corrected chi connectivity index (χ1v) is 8.53. The van der Waals surface area contributed by atoms with E-state index in [4.69, 9.17) is 16.4 Å². The van der Waals surface area contributed by atoms with Gasteiger partial charge >= 0.3 is 0 Å². The molecule has 22 heavy (non-hydrogen) atoms. The smallest absolute Gasteiger partial charge is 0.219 e. The fourth-order valence-corrected chi connectivity index (χ4v) is 5.42. The molecule has 2 unspecified atom stereocenters. The molecule has 0 amide bonds. The molecule has 5 heteroatoms. The Kier molecular flexibility index (Phi) is 2.63. The van der Waals surface area contributed by atoms with Gasteiger partial charge in [-0.3, -0.25) is 0 Å². The molecule has 1 spiro atoms. The van der Waals surface area contributed by atoms with Gasteiger partial charge in [0.05, 0.1) is 0 Å². The molecule has 5 aliphatic rings. The quantitative estimate of drug-likeness (QED) is 0.797. The van der Waals surface area contributed by atoms with Gasteiger partial charge in [-0.25, -0.2) is 0 Å². The van der Waals surface area contributed by atoms with Gasteiger partial charge < -0.3 is 14.6 Å². The molecular weight excluding hydrogens is 298 g/mol. The summed E-state index contributed by atoms with van der Waals surface area (Å²) in [4.78, 5) is 11.1. The van der Waals surface area contributed by atoms with E-state index in [2.05, 4.69) is 22.0 Å². The Morgan fingerprint density at radius 3 is 2.45 bits per heavy atom. The average Bonchev–Trinajstić information content (AvgIpc) is 2.84. The minimum atomic E-state index is -0.220. The highest BCUT2D eigenvalue weighted by Gasteiger charge is 2.63. The Morgan fingerprint density at radius 1 is 1.14 bits per heavy atom. The van der Waals surface area contributed by atoms with Crippen LogP contribution in [0, 0.1) is 17.8 Å². The molecule has 1 aliphatic carbocycles. The van der Waals surface area contributed by atoms with Crippen LogP contribution >= 0.6 is 11.6 Å². The first-order chi connectivity index (χ1) is 10.7. The van der Waals surface area contributed by atoms with Crippen molar-refractivity contribution < 1.29 is 4.84 Å². The van der Waals surface area contributed by atoms with E-state index >= 15 is 0 Å². The van der Waals surface area contributed by atoms with E-state index in [1.807, 2.05) is 24.3 Å². The second kappa shape index (κ2) is 4.39. The largest absolute Gasteiger partial charge is 0.364 e. The van der Waals surface area contributed by atoms with Crippen molar-refractivity contribution >= 4 is 17.4 Å². The number of nitrogens with zero attached hydrogens (tertiary/aromatic N) is 3. The maximum Gasteiger partial charge on any atom is 0.219 e. The standard InChI is InChI=1S/C17H20ClN3O/c1-20-16(12-2-4-15(18)5-3-12)19-22-17(20)13-6-11-7-14(17)10-21(8-11)9-13/h2-5,11,13-14H,6-10H2,1H3. The van der Waals surface area contributed by atoms with Gasteiger partial charge in [-0.15, -0.1) is 0 Å². The van der Waals surface area contributed by atoms with E-state index in [0.717, 1.165) is 35.4 Å². The Balaban J connectivity index is 1.50. The number of halogens is 1. The zero-order valence-electron chi connectivity index (χ0n) is 12.7. The van der Waals surface area contributed by atoms with Crippen LogP contribution in [0.3, 0.4) is 0 Å². The van der Waals surface area contributed by atoms with E-state index < -0.39 is 0 Å². The lowest BCUT2D eigenvalue weighted by molar-refractivity contribution is -0.245. The minimum absolute atomic E-state index is 0.220. The lowest BCUT2D eigenvalue weighted by Gasteiger charge is -2.60. The van der Waals surface area contributed by atoms with Crippen LogP contribution in [0.1, 0.15) is 18.4 Å². The van der Waals surface area contributed by atoms with Gasteiger partial charge in [-0.2, -0.15) is 0 Å². The third-order valence-corrected chi connectivity index (χ3v) is 6.35. The number of amidine groups is 1. The van der Waals surface area contributed by atoms with Crippen molar-refractivity contribution in [2.75, 3.05) is 26.7 Å². The Bertz CT molecular complexity index is 614. The lowest BCUT2D eigenvalue weighted by Crippen LogP contribution is -2.71. The molecule has 4 heterocycles. The number of piperidine rings is 3. The molecule has 116 valence electrons. The maximum atomic E-state index is 6.18. The Morgan fingerprint density at radius 2 is 1.82 bits per heavy atom. The van der Waals surface area contributed by atoms with Gasteiger partial charge in [0.15, 0.2) is 5.84 Å². The van der Waals surface area contributed by atoms with Crippen LogP contribution in [-0.2, 0) is 4.84 Å². The second-order valence-electron chi connectivity index (χ2n) is 7.27. The Labute approximate surface area is 135 Å².